The molecule has 0 saturated heterocycles. The first-order valence-electron chi connectivity index (χ1n) is 11.5. The first-order chi connectivity index (χ1) is 17.4. The van der Waals surface area contributed by atoms with Crippen LogP contribution in [0.5, 0.6) is 0 Å². The van der Waals surface area contributed by atoms with Gasteiger partial charge in [0.2, 0.25) is 23.6 Å². The number of aliphatic carboxylic acids is 1. The Bertz CT molecular complexity index is 1130. The molecule has 0 bridgehead atoms. The van der Waals surface area contributed by atoms with E-state index in [0.29, 0.717) is 5.56 Å². The molecule has 11 N–H and O–H groups in total. The van der Waals surface area contributed by atoms with Crippen molar-refractivity contribution >= 4 is 40.5 Å². The van der Waals surface area contributed by atoms with E-state index in [1.807, 2.05) is 0 Å². The van der Waals surface area contributed by atoms with Crippen molar-refractivity contribution in [1.82, 2.24) is 20.9 Å². The molecule has 2 rings (SSSR count). The molecular formula is C23H32N6O8. The van der Waals surface area contributed by atoms with Gasteiger partial charge in [-0.2, -0.15) is 0 Å². The Morgan fingerprint density at radius 2 is 1.62 bits per heavy atom. The predicted octanol–water partition coefficient (Wildman–Crippen LogP) is -2.78. The zero-order valence-corrected chi connectivity index (χ0v) is 20.1. The van der Waals surface area contributed by atoms with Crippen molar-refractivity contribution in [2.75, 3.05) is 6.61 Å². The van der Waals surface area contributed by atoms with E-state index >= 15 is 0 Å². The third-order valence-electron chi connectivity index (χ3n) is 5.63. The third-order valence-corrected chi connectivity index (χ3v) is 5.63. The van der Waals surface area contributed by atoms with Crippen molar-refractivity contribution < 1.29 is 39.3 Å². The lowest BCUT2D eigenvalue weighted by atomic mass is 10.0. The van der Waals surface area contributed by atoms with E-state index in [1.165, 1.54) is 6.92 Å². The van der Waals surface area contributed by atoms with Crippen molar-refractivity contribution in [2.45, 2.75) is 56.5 Å². The number of hydrogen-bond acceptors (Lipinski definition) is 8. The van der Waals surface area contributed by atoms with Gasteiger partial charge < -0.3 is 47.7 Å². The molecule has 1 aromatic carbocycles. The van der Waals surface area contributed by atoms with E-state index in [0.717, 1.165) is 10.9 Å². The Morgan fingerprint density at radius 3 is 2.22 bits per heavy atom. The van der Waals surface area contributed by atoms with Gasteiger partial charge in [-0.25, -0.2) is 4.79 Å². The number of aromatic amines is 1. The summed E-state index contributed by atoms with van der Waals surface area (Å²) in [5.41, 5.74) is 12.1. The molecule has 5 unspecified atom stereocenters. The summed E-state index contributed by atoms with van der Waals surface area (Å²) in [6.45, 7) is 0.345. The van der Waals surface area contributed by atoms with Crippen LogP contribution in [0.3, 0.4) is 0 Å². The summed E-state index contributed by atoms with van der Waals surface area (Å²) in [4.78, 5) is 63.6. The minimum Gasteiger partial charge on any atom is -0.480 e. The van der Waals surface area contributed by atoms with Crippen LogP contribution in [-0.2, 0) is 30.4 Å². The number of nitrogens with one attached hydrogen (secondary N) is 4. The van der Waals surface area contributed by atoms with Crippen LogP contribution in [0.25, 0.3) is 10.9 Å². The number of aliphatic hydroxyl groups excluding tert-OH is 2. The quantitative estimate of drug-likeness (QED) is 0.125. The lowest BCUT2D eigenvalue weighted by molar-refractivity contribution is -0.145. The number of aromatic nitrogens is 1. The van der Waals surface area contributed by atoms with Crippen LogP contribution in [0.2, 0.25) is 0 Å². The molecule has 0 aliphatic carbocycles. The number of carboxylic acids is 1. The molecule has 2 aromatic rings. The molecule has 1 heterocycles. The molecule has 0 aliphatic heterocycles. The van der Waals surface area contributed by atoms with Crippen molar-refractivity contribution in [3.63, 3.8) is 0 Å². The number of amides is 4. The van der Waals surface area contributed by atoms with Crippen LogP contribution in [0.4, 0.5) is 0 Å². The van der Waals surface area contributed by atoms with Crippen LogP contribution in [0, 0.1) is 0 Å². The molecule has 14 heteroatoms. The summed E-state index contributed by atoms with van der Waals surface area (Å²) in [5.74, 6) is -4.82. The van der Waals surface area contributed by atoms with Gasteiger partial charge in [0, 0.05) is 29.9 Å². The number of nitrogens with two attached hydrogens (primary N) is 2. The summed E-state index contributed by atoms with van der Waals surface area (Å²) >= 11 is 0. The topological polar surface area (TPSA) is 250 Å². The number of H-pyrrole nitrogens is 1. The number of hydrogen-bond donors (Lipinski definition) is 9. The summed E-state index contributed by atoms with van der Waals surface area (Å²) in [7, 11) is 0. The van der Waals surface area contributed by atoms with Gasteiger partial charge in [-0.15, -0.1) is 0 Å². The van der Waals surface area contributed by atoms with Gasteiger partial charge in [-0.3, -0.25) is 19.2 Å². The third kappa shape index (κ3) is 8.27. The van der Waals surface area contributed by atoms with E-state index in [9.17, 15) is 39.3 Å². The Kier molecular flexibility index (Phi) is 10.5. The Morgan fingerprint density at radius 1 is 1.00 bits per heavy atom. The normalized spacial score (nSPS) is 15.1. The van der Waals surface area contributed by atoms with Crippen molar-refractivity contribution in [3.05, 3.63) is 36.0 Å². The minimum atomic E-state index is -1.65. The highest BCUT2D eigenvalue weighted by molar-refractivity contribution is 5.95. The Balaban J connectivity index is 2.23. The van der Waals surface area contributed by atoms with Gasteiger partial charge in [-0.1, -0.05) is 18.2 Å². The lowest BCUT2D eigenvalue weighted by Gasteiger charge is -2.25. The number of carbonyl (C=O) groups excluding carboxylic acids is 4. The van der Waals surface area contributed by atoms with Gasteiger partial charge in [0.15, 0.2) is 6.04 Å². The number of carbonyl (C=O) groups is 5. The zero-order valence-electron chi connectivity index (χ0n) is 20.1. The Hall–Kier alpha value is -4.01. The first kappa shape index (κ1) is 29.2. The van der Waals surface area contributed by atoms with E-state index in [1.54, 1.807) is 30.5 Å². The van der Waals surface area contributed by atoms with Gasteiger partial charge in [0.1, 0.15) is 12.1 Å². The molecular weight excluding hydrogens is 488 g/mol. The van der Waals surface area contributed by atoms with Crippen molar-refractivity contribution in [3.8, 4) is 0 Å². The molecule has 14 nitrogen and oxygen atoms in total. The second-order valence-corrected chi connectivity index (χ2v) is 8.55. The number of carboxylic acid groups (broad SMARTS) is 1. The average molecular weight is 521 g/mol. The highest BCUT2D eigenvalue weighted by atomic mass is 16.4. The standard InChI is InChI=1S/C23H32N6O8/c1-11(31)19(23(36)37)29-21(34)16(8-12-9-26-15-5-3-2-4-13(12)15)27-22(35)17(10-30)28-20(33)14(24)6-7-18(25)32/h2-5,9,11,14,16-17,19,26,30-31H,6-8,10,24H2,1H3,(H2,25,32)(H,27,35)(H,28,33)(H,29,34)(H,36,37). The summed E-state index contributed by atoms with van der Waals surface area (Å²) < 4.78 is 0. The fraction of sp³-hybridized carbons (Fsp3) is 0.435. The molecule has 0 radical (unpaired) electrons. The largest absolute Gasteiger partial charge is 0.480 e. The monoisotopic (exact) mass is 520 g/mol. The molecule has 0 spiro atoms. The highest BCUT2D eigenvalue weighted by Crippen LogP contribution is 2.19. The summed E-state index contributed by atoms with van der Waals surface area (Å²) in [6, 6.07) is 1.50. The number of rotatable bonds is 14. The smallest absolute Gasteiger partial charge is 0.328 e. The molecule has 0 aliphatic rings. The Labute approximate surface area is 211 Å². The number of para-hydroxylation sites is 1. The van der Waals surface area contributed by atoms with Crippen LogP contribution >= 0.6 is 0 Å². The van der Waals surface area contributed by atoms with Crippen molar-refractivity contribution in [1.29, 1.82) is 0 Å². The van der Waals surface area contributed by atoms with E-state index in [4.69, 9.17) is 11.5 Å². The number of benzene rings is 1. The second-order valence-electron chi connectivity index (χ2n) is 8.55. The molecule has 202 valence electrons. The number of aliphatic hydroxyl groups is 2. The molecule has 5 atom stereocenters. The fourth-order valence-electron chi connectivity index (χ4n) is 3.55. The fourth-order valence-corrected chi connectivity index (χ4v) is 3.55. The van der Waals surface area contributed by atoms with Gasteiger partial charge >= 0.3 is 5.97 Å². The molecule has 0 fully saturated rings. The van der Waals surface area contributed by atoms with E-state index in [2.05, 4.69) is 20.9 Å². The van der Waals surface area contributed by atoms with E-state index in [-0.39, 0.29) is 19.3 Å². The van der Waals surface area contributed by atoms with Gasteiger partial charge in [-0.05, 0) is 25.0 Å². The van der Waals surface area contributed by atoms with Gasteiger partial charge in [0.25, 0.3) is 0 Å². The van der Waals surface area contributed by atoms with Gasteiger partial charge in [0.05, 0.1) is 18.8 Å². The highest BCUT2D eigenvalue weighted by Gasteiger charge is 2.32. The van der Waals surface area contributed by atoms with Crippen LogP contribution in [-0.4, -0.2) is 86.8 Å². The maximum absolute atomic E-state index is 13.0. The van der Waals surface area contributed by atoms with Crippen LogP contribution in [0.1, 0.15) is 25.3 Å². The molecule has 37 heavy (non-hydrogen) atoms. The van der Waals surface area contributed by atoms with Crippen LogP contribution < -0.4 is 27.4 Å². The second kappa shape index (κ2) is 13.3. The maximum Gasteiger partial charge on any atom is 0.328 e. The number of primary amides is 1. The minimum absolute atomic E-state index is 0.0809. The summed E-state index contributed by atoms with van der Waals surface area (Å²) in [6.07, 6.45) is -0.132. The van der Waals surface area contributed by atoms with Crippen molar-refractivity contribution in [2.24, 2.45) is 11.5 Å². The number of fused-ring (bicyclic) bond motifs is 1. The van der Waals surface area contributed by atoms with Crippen LogP contribution in [0.15, 0.2) is 30.5 Å². The predicted molar refractivity (Wildman–Crippen MR) is 131 cm³/mol. The molecule has 4 amide bonds. The molecule has 0 saturated carbocycles. The summed E-state index contributed by atoms with van der Waals surface area (Å²) in [5, 5.41) is 36.4. The lowest BCUT2D eigenvalue weighted by Crippen LogP contribution is -2.59. The average Bonchev–Trinajstić information content (AvgIpc) is 3.25. The zero-order chi connectivity index (χ0) is 27.7. The molecule has 1 aromatic heterocycles. The first-order valence-corrected chi connectivity index (χ1v) is 11.5. The SMILES string of the molecule is CC(O)C(NC(=O)C(Cc1c[nH]c2ccccc12)NC(=O)C(CO)NC(=O)C(N)CCC(N)=O)C(=O)O. The maximum atomic E-state index is 13.0. The van der Waals surface area contributed by atoms with E-state index < -0.39 is 66.5 Å².